The third-order valence-electron chi connectivity index (χ3n) is 0.952. The first-order chi connectivity index (χ1) is 6.79. The molecule has 0 spiro atoms. The predicted molar refractivity (Wildman–Crippen MR) is 34.4 cm³/mol. The van der Waals surface area contributed by atoms with E-state index < -0.39 is 33.5 Å². The molecule has 2 N–H and O–H groups in total. The fourth-order valence-corrected chi connectivity index (χ4v) is 0.588. The highest BCUT2D eigenvalue weighted by molar-refractivity contribution is 7.92. The largest absolute Gasteiger partial charge is 0.500 e. The molecule has 4 nitrogen and oxygen atoms in total. The summed E-state index contributed by atoms with van der Waals surface area (Å²) in [6.45, 7) is 0. The molecule has 0 aliphatic heterocycles. The van der Waals surface area contributed by atoms with Gasteiger partial charge < -0.3 is 4.74 Å². The van der Waals surface area contributed by atoms with Crippen LogP contribution in [-0.4, -0.2) is 20.7 Å². The van der Waals surface area contributed by atoms with E-state index in [0.29, 0.717) is 0 Å². The third kappa shape index (κ3) is 3.52. The van der Waals surface area contributed by atoms with Gasteiger partial charge in [0.1, 0.15) is 0 Å². The van der Waals surface area contributed by atoms with Crippen LogP contribution in [0.4, 0.5) is 30.7 Å². The van der Waals surface area contributed by atoms with E-state index >= 15 is 0 Å². The highest BCUT2D eigenvalue weighted by Gasteiger charge is 2.62. The Kier molecular flexibility index (Phi) is 3.82. The van der Waals surface area contributed by atoms with Gasteiger partial charge in [0.2, 0.25) is 0 Å². The molecule has 0 unspecified atom stereocenters. The highest BCUT2D eigenvalue weighted by Crippen LogP contribution is 2.38. The zero-order chi connectivity index (χ0) is 13.4. The van der Waals surface area contributed by atoms with Gasteiger partial charge in [0, 0.05) is 0 Å². The molecule has 0 amide bonds. The lowest BCUT2D eigenvalue weighted by Gasteiger charge is -2.18. The quantitative estimate of drug-likeness (QED) is 0.628. The molecule has 0 heterocycles. The molecule has 0 aliphatic rings. The van der Waals surface area contributed by atoms with Gasteiger partial charge in [0.25, 0.3) is 10.0 Å². The van der Waals surface area contributed by atoms with Crippen LogP contribution in [0.2, 0.25) is 0 Å². The van der Waals surface area contributed by atoms with Crippen molar-refractivity contribution < 1.29 is 43.9 Å². The van der Waals surface area contributed by atoms with Gasteiger partial charge in [-0.3, -0.25) is 0 Å². The summed E-state index contributed by atoms with van der Waals surface area (Å²) >= 11 is 0. The number of primary sulfonamides is 1. The van der Waals surface area contributed by atoms with Gasteiger partial charge in [-0.25, -0.2) is 13.6 Å². The molecule has 0 aromatic carbocycles. The van der Waals surface area contributed by atoms with Gasteiger partial charge in [0.05, 0.1) is 0 Å². The third-order valence-corrected chi connectivity index (χ3v) is 1.61. The van der Waals surface area contributed by atoms with Gasteiger partial charge in [-0.15, -0.1) is 0 Å². The van der Waals surface area contributed by atoms with Crippen LogP contribution in [0.5, 0.6) is 0 Å². The average molecular weight is 277 g/mol. The molecule has 96 valence electrons. The first-order valence-corrected chi connectivity index (χ1v) is 4.55. The molecule has 0 atom stereocenters. The zero-order valence-electron chi connectivity index (χ0n) is 6.86. The second-order valence-corrected chi connectivity index (χ2v) is 3.66. The SMILES string of the molecule is NS(=O)(=O)C(F)=C(F)OC(F)(F)C(F)(F)F. The van der Waals surface area contributed by atoms with E-state index in [9.17, 15) is 39.2 Å². The van der Waals surface area contributed by atoms with Crippen LogP contribution in [0.15, 0.2) is 11.2 Å². The number of ether oxygens (including phenoxy) is 1. The molecule has 0 rings (SSSR count). The highest BCUT2D eigenvalue weighted by atomic mass is 32.2. The van der Waals surface area contributed by atoms with E-state index in [1.807, 2.05) is 0 Å². The molecule has 0 bridgehead atoms. The van der Waals surface area contributed by atoms with Crippen LogP contribution in [0, 0.1) is 0 Å². The van der Waals surface area contributed by atoms with Gasteiger partial charge in [-0.1, -0.05) is 0 Å². The summed E-state index contributed by atoms with van der Waals surface area (Å²) in [5.74, 6) is 0. The second kappa shape index (κ2) is 4.08. The molecule has 0 radical (unpaired) electrons. The minimum atomic E-state index is -6.34. The fourth-order valence-electron chi connectivity index (χ4n) is 0.322. The number of nitrogens with two attached hydrogens (primary N) is 1. The number of halogens is 7. The Morgan fingerprint density at radius 2 is 1.44 bits per heavy atom. The number of hydrogen-bond acceptors (Lipinski definition) is 3. The second-order valence-electron chi connectivity index (χ2n) is 2.21. The van der Waals surface area contributed by atoms with Crippen molar-refractivity contribution in [1.82, 2.24) is 0 Å². The summed E-state index contributed by atoms with van der Waals surface area (Å²) in [6.07, 6.45) is -12.4. The normalized spacial score (nSPS) is 15.8. The summed E-state index contributed by atoms with van der Waals surface area (Å²) < 4.78 is 105. The Morgan fingerprint density at radius 1 is 1.06 bits per heavy atom. The van der Waals surface area contributed by atoms with Crippen molar-refractivity contribution in [3.05, 3.63) is 11.2 Å². The smallest absolute Gasteiger partial charge is 0.397 e. The lowest BCUT2D eigenvalue weighted by atomic mass is 10.6. The van der Waals surface area contributed by atoms with Crippen molar-refractivity contribution in [3.63, 3.8) is 0 Å². The van der Waals surface area contributed by atoms with E-state index in [4.69, 9.17) is 0 Å². The van der Waals surface area contributed by atoms with E-state index in [0.717, 1.165) is 0 Å². The van der Waals surface area contributed by atoms with Crippen LogP contribution >= 0.6 is 0 Å². The summed E-state index contributed by atoms with van der Waals surface area (Å²) in [4.78, 5) is 0. The Labute approximate surface area is 83.5 Å². The summed E-state index contributed by atoms with van der Waals surface area (Å²) in [7, 11) is -5.41. The minimum Gasteiger partial charge on any atom is -0.397 e. The van der Waals surface area contributed by atoms with Crippen molar-refractivity contribution >= 4 is 10.0 Å². The Morgan fingerprint density at radius 3 is 1.69 bits per heavy atom. The van der Waals surface area contributed by atoms with E-state index in [2.05, 4.69) is 9.88 Å². The lowest BCUT2D eigenvalue weighted by Crippen LogP contribution is -2.38. The first-order valence-electron chi connectivity index (χ1n) is 3.00. The van der Waals surface area contributed by atoms with Gasteiger partial charge in [0.15, 0.2) is 0 Å². The monoisotopic (exact) mass is 277 g/mol. The summed E-state index contributed by atoms with van der Waals surface area (Å²) in [5.41, 5.74) is 0. The van der Waals surface area contributed by atoms with Crippen molar-refractivity contribution in [2.75, 3.05) is 0 Å². The zero-order valence-corrected chi connectivity index (χ0v) is 7.67. The van der Waals surface area contributed by atoms with Gasteiger partial charge >= 0.3 is 23.5 Å². The maximum Gasteiger partial charge on any atom is 0.500 e. The summed E-state index contributed by atoms with van der Waals surface area (Å²) in [6, 6.07) is -3.29. The van der Waals surface area contributed by atoms with Gasteiger partial charge in [-0.05, 0) is 0 Å². The topological polar surface area (TPSA) is 69.4 Å². The van der Waals surface area contributed by atoms with Crippen LogP contribution in [0.25, 0.3) is 0 Å². The van der Waals surface area contributed by atoms with Crippen LogP contribution in [0.3, 0.4) is 0 Å². The van der Waals surface area contributed by atoms with Crippen molar-refractivity contribution in [2.24, 2.45) is 5.14 Å². The Balaban J connectivity index is 5.18. The molecule has 16 heavy (non-hydrogen) atoms. The Bertz CT molecular complexity index is 396. The summed E-state index contributed by atoms with van der Waals surface area (Å²) in [5, 5.41) is 0.828. The van der Waals surface area contributed by atoms with Crippen LogP contribution in [0.1, 0.15) is 0 Å². The molecule has 0 saturated carbocycles. The number of rotatable bonds is 3. The number of sulfonamides is 1. The number of hydrogen-bond donors (Lipinski definition) is 1. The molecular weight excluding hydrogens is 275 g/mol. The molecule has 0 fully saturated rings. The van der Waals surface area contributed by atoms with Crippen LogP contribution < -0.4 is 5.14 Å². The Hall–Kier alpha value is -1.04. The minimum absolute atomic E-state index is 2.21. The van der Waals surface area contributed by atoms with E-state index in [1.54, 1.807) is 0 Å². The molecule has 0 aromatic rings. The number of alkyl halides is 5. The van der Waals surface area contributed by atoms with Crippen molar-refractivity contribution in [1.29, 1.82) is 0 Å². The van der Waals surface area contributed by atoms with Crippen molar-refractivity contribution in [3.8, 4) is 0 Å². The molecule has 12 heteroatoms. The van der Waals surface area contributed by atoms with Gasteiger partial charge in [-0.2, -0.15) is 30.7 Å². The molecule has 0 aliphatic carbocycles. The molecule has 0 aromatic heterocycles. The lowest BCUT2D eigenvalue weighted by molar-refractivity contribution is -0.384. The molecular formula is C4H2F7NO3S. The fraction of sp³-hybridized carbons (Fsp3) is 0.500. The predicted octanol–water partition coefficient (Wildman–Crippen LogP) is 1.51. The van der Waals surface area contributed by atoms with Crippen molar-refractivity contribution in [2.45, 2.75) is 12.3 Å². The van der Waals surface area contributed by atoms with Crippen LogP contribution in [-0.2, 0) is 14.8 Å². The average Bonchev–Trinajstić information content (AvgIpc) is 1.97. The first kappa shape index (κ1) is 15.0. The molecule has 0 saturated heterocycles. The standard InChI is InChI=1S/C4H2F7NO3S/c5-1(2(6)16(12,13)14)15-4(10,11)3(7,8)9/h(H2,12,13,14). The van der Waals surface area contributed by atoms with E-state index in [1.165, 1.54) is 0 Å². The van der Waals surface area contributed by atoms with E-state index in [-0.39, 0.29) is 0 Å². The maximum absolute atomic E-state index is 12.2. The maximum atomic E-state index is 12.2.